The first-order valence-corrected chi connectivity index (χ1v) is 5.35. The molecule has 1 aromatic carbocycles. The molecule has 0 spiro atoms. The van der Waals surface area contributed by atoms with Crippen LogP contribution in [0.25, 0.3) is 0 Å². The van der Waals surface area contributed by atoms with Crippen LogP contribution < -0.4 is 0 Å². The van der Waals surface area contributed by atoms with Gasteiger partial charge in [0.05, 0.1) is 18.8 Å². The number of hydrogen-bond donors (Lipinski definition) is 1. The van der Waals surface area contributed by atoms with Crippen molar-refractivity contribution in [1.82, 2.24) is 15.0 Å². The first-order chi connectivity index (χ1) is 7.79. The maximum Gasteiger partial charge on any atom is 0.108 e. The Morgan fingerprint density at radius 3 is 2.69 bits per heavy atom. The maximum atomic E-state index is 8.91. The van der Waals surface area contributed by atoms with Crippen LogP contribution in [0.3, 0.4) is 0 Å². The van der Waals surface area contributed by atoms with Crippen LogP contribution in [0.15, 0.2) is 36.5 Å². The molecule has 0 saturated heterocycles. The third kappa shape index (κ3) is 2.46. The predicted molar refractivity (Wildman–Crippen MR) is 60.8 cm³/mol. The summed E-state index contributed by atoms with van der Waals surface area (Å²) in [6.07, 6.45) is 2.70. The molecule has 84 valence electrons. The highest BCUT2D eigenvalue weighted by Crippen LogP contribution is 2.12. The zero-order valence-electron chi connectivity index (χ0n) is 9.24. The minimum Gasteiger partial charge on any atom is -0.390 e. The second-order valence-corrected chi connectivity index (χ2v) is 3.89. The summed E-state index contributed by atoms with van der Waals surface area (Å²) in [5.74, 6) is 0. The molecule has 4 heteroatoms. The molecule has 0 aliphatic rings. The lowest BCUT2D eigenvalue weighted by atomic mass is 10.1. The van der Waals surface area contributed by atoms with Gasteiger partial charge < -0.3 is 5.11 Å². The van der Waals surface area contributed by atoms with Gasteiger partial charge >= 0.3 is 0 Å². The minimum absolute atomic E-state index is 0.0575. The smallest absolute Gasteiger partial charge is 0.108 e. The second-order valence-electron chi connectivity index (χ2n) is 3.89. The number of hydrogen-bond acceptors (Lipinski definition) is 3. The third-order valence-electron chi connectivity index (χ3n) is 2.55. The summed E-state index contributed by atoms with van der Waals surface area (Å²) in [5.41, 5.74) is 1.89. The van der Waals surface area contributed by atoms with Crippen molar-refractivity contribution in [3.05, 3.63) is 47.8 Å². The SMILES string of the molecule is CC(Cc1ccccc1)n1cc(CO)nn1. The Morgan fingerprint density at radius 1 is 1.31 bits per heavy atom. The van der Waals surface area contributed by atoms with Crippen molar-refractivity contribution in [2.45, 2.75) is 26.0 Å². The number of aliphatic hydroxyl groups is 1. The molecule has 0 aliphatic heterocycles. The molecule has 2 aromatic rings. The van der Waals surface area contributed by atoms with E-state index in [0.717, 1.165) is 6.42 Å². The molecule has 1 N–H and O–H groups in total. The Morgan fingerprint density at radius 2 is 2.06 bits per heavy atom. The van der Waals surface area contributed by atoms with Crippen molar-refractivity contribution in [2.75, 3.05) is 0 Å². The molecule has 0 aliphatic carbocycles. The van der Waals surface area contributed by atoms with E-state index in [1.165, 1.54) is 5.56 Å². The van der Waals surface area contributed by atoms with E-state index >= 15 is 0 Å². The third-order valence-corrected chi connectivity index (χ3v) is 2.55. The van der Waals surface area contributed by atoms with Gasteiger partial charge in [0.25, 0.3) is 0 Å². The molecule has 16 heavy (non-hydrogen) atoms. The van der Waals surface area contributed by atoms with E-state index in [4.69, 9.17) is 5.11 Å². The Labute approximate surface area is 94.5 Å². The number of nitrogens with zero attached hydrogens (tertiary/aromatic N) is 3. The van der Waals surface area contributed by atoms with Gasteiger partial charge in [-0.25, -0.2) is 4.68 Å². The normalized spacial score (nSPS) is 12.6. The highest BCUT2D eigenvalue weighted by Gasteiger charge is 2.08. The minimum atomic E-state index is -0.0575. The Balaban J connectivity index is 2.05. The molecule has 1 heterocycles. The lowest BCUT2D eigenvalue weighted by Gasteiger charge is -2.10. The summed E-state index contributed by atoms with van der Waals surface area (Å²) in [5, 5.41) is 16.8. The lowest BCUT2D eigenvalue weighted by molar-refractivity contribution is 0.276. The van der Waals surface area contributed by atoms with E-state index in [0.29, 0.717) is 5.69 Å². The molecule has 0 bridgehead atoms. The van der Waals surface area contributed by atoms with Crippen LogP contribution in [-0.2, 0) is 13.0 Å². The van der Waals surface area contributed by atoms with Gasteiger partial charge in [-0.3, -0.25) is 0 Å². The molecule has 1 aromatic heterocycles. The summed E-state index contributed by atoms with van der Waals surface area (Å²) >= 11 is 0. The van der Waals surface area contributed by atoms with E-state index in [1.54, 1.807) is 10.9 Å². The average Bonchev–Trinajstić information content (AvgIpc) is 2.79. The van der Waals surface area contributed by atoms with Crippen LogP contribution >= 0.6 is 0 Å². The molecule has 1 unspecified atom stereocenters. The van der Waals surface area contributed by atoms with Crippen LogP contribution in [0, 0.1) is 0 Å². The van der Waals surface area contributed by atoms with Crippen LogP contribution in [0.4, 0.5) is 0 Å². The van der Waals surface area contributed by atoms with Crippen molar-refractivity contribution >= 4 is 0 Å². The van der Waals surface area contributed by atoms with Gasteiger partial charge in [-0.1, -0.05) is 35.5 Å². The fourth-order valence-electron chi connectivity index (χ4n) is 1.65. The summed E-state index contributed by atoms with van der Waals surface area (Å²) in [6.45, 7) is 2.03. The van der Waals surface area contributed by atoms with Crippen molar-refractivity contribution < 1.29 is 5.11 Å². The van der Waals surface area contributed by atoms with Gasteiger partial charge in [0, 0.05) is 0 Å². The number of benzene rings is 1. The number of aliphatic hydroxyl groups excluding tert-OH is 1. The lowest BCUT2D eigenvalue weighted by Crippen LogP contribution is -2.08. The zero-order valence-corrected chi connectivity index (χ0v) is 9.24. The highest BCUT2D eigenvalue weighted by atomic mass is 16.3. The molecule has 0 saturated carbocycles. The quantitative estimate of drug-likeness (QED) is 0.845. The molecular weight excluding hydrogens is 202 g/mol. The largest absolute Gasteiger partial charge is 0.390 e. The first-order valence-electron chi connectivity index (χ1n) is 5.35. The molecular formula is C12H15N3O. The highest BCUT2D eigenvalue weighted by molar-refractivity contribution is 5.15. The number of aromatic nitrogens is 3. The maximum absolute atomic E-state index is 8.91. The van der Waals surface area contributed by atoms with Crippen molar-refractivity contribution in [1.29, 1.82) is 0 Å². The van der Waals surface area contributed by atoms with Gasteiger partial charge in [0.15, 0.2) is 0 Å². The standard InChI is InChI=1S/C12H15N3O/c1-10(7-11-5-3-2-4-6-11)15-8-12(9-16)13-14-15/h2-6,8,10,16H,7,9H2,1H3. The topological polar surface area (TPSA) is 50.9 Å². The van der Waals surface area contributed by atoms with Crippen LogP contribution in [0.1, 0.15) is 24.2 Å². The molecule has 0 fully saturated rings. The Bertz CT molecular complexity index is 439. The number of rotatable bonds is 4. The van der Waals surface area contributed by atoms with E-state index in [-0.39, 0.29) is 12.6 Å². The second kappa shape index (κ2) is 4.90. The van der Waals surface area contributed by atoms with Gasteiger partial charge in [-0.05, 0) is 18.9 Å². The summed E-state index contributed by atoms with van der Waals surface area (Å²) in [7, 11) is 0. The predicted octanol–water partition coefficient (Wildman–Crippen LogP) is 1.57. The van der Waals surface area contributed by atoms with E-state index < -0.39 is 0 Å². The molecule has 0 radical (unpaired) electrons. The van der Waals surface area contributed by atoms with Crippen molar-refractivity contribution in [2.24, 2.45) is 0 Å². The van der Waals surface area contributed by atoms with Gasteiger partial charge in [0.2, 0.25) is 0 Å². The fraction of sp³-hybridized carbons (Fsp3) is 0.333. The first kappa shape index (κ1) is 10.8. The average molecular weight is 217 g/mol. The Hall–Kier alpha value is -1.68. The van der Waals surface area contributed by atoms with Gasteiger partial charge in [-0.15, -0.1) is 5.10 Å². The zero-order chi connectivity index (χ0) is 11.4. The Kier molecular flexibility index (Phi) is 3.31. The molecule has 4 nitrogen and oxygen atoms in total. The van der Waals surface area contributed by atoms with E-state index in [1.807, 2.05) is 18.2 Å². The summed E-state index contributed by atoms with van der Waals surface area (Å²) in [4.78, 5) is 0. The van der Waals surface area contributed by atoms with Gasteiger partial charge in [0.1, 0.15) is 5.69 Å². The van der Waals surface area contributed by atoms with Crippen molar-refractivity contribution in [3.63, 3.8) is 0 Å². The molecule has 0 amide bonds. The van der Waals surface area contributed by atoms with E-state index in [9.17, 15) is 0 Å². The van der Waals surface area contributed by atoms with Crippen LogP contribution in [0.2, 0.25) is 0 Å². The van der Waals surface area contributed by atoms with Crippen LogP contribution in [0.5, 0.6) is 0 Å². The summed E-state index contributed by atoms with van der Waals surface area (Å²) < 4.78 is 1.79. The van der Waals surface area contributed by atoms with Gasteiger partial charge in [-0.2, -0.15) is 0 Å². The van der Waals surface area contributed by atoms with Crippen molar-refractivity contribution in [3.8, 4) is 0 Å². The molecule has 2 rings (SSSR count). The van der Waals surface area contributed by atoms with E-state index in [2.05, 4.69) is 29.4 Å². The fourth-order valence-corrected chi connectivity index (χ4v) is 1.65. The monoisotopic (exact) mass is 217 g/mol. The summed E-state index contributed by atoms with van der Waals surface area (Å²) in [6, 6.07) is 10.5. The molecule has 1 atom stereocenters. The van der Waals surface area contributed by atoms with Crippen LogP contribution in [-0.4, -0.2) is 20.1 Å².